The van der Waals surface area contributed by atoms with Crippen LogP contribution < -0.4 is 10.5 Å². The minimum Gasteiger partial charge on any atom is -0.307 e. The summed E-state index contributed by atoms with van der Waals surface area (Å²) in [5.41, 5.74) is 1.08. The van der Waals surface area contributed by atoms with Crippen molar-refractivity contribution in [3.63, 3.8) is 0 Å². The highest BCUT2D eigenvalue weighted by molar-refractivity contribution is 7.89. The Morgan fingerprint density at radius 3 is 2.52 bits per heavy atom. The number of benzene rings is 1. The normalized spacial score (nSPS) is 22.7. The molecule has 118 valence electrons. The Kier molecular flexibility index (Phi) is 5.37. The summed E-state index contributed by atoms with van der Waals surface area (Å²) in [7, 11) is -1.44. The van der Waals surface area contributed by atoms with Gasteiger partial charge in [-0.3, -0.25) is 0 Å². The summed E-state index contributed by atoms with van der Waals surface area (Å²) >= 11 is 0. The van der Waals surface area contributed by atoms with Crippen LogP contribution >= 0.6 is 0 Å². The highest BCUT2D eigenvalue weighted by Gasteiger charge is 2.17. The maximum atomic E-state index is 11.3. The van der Waals surface area contributed by atoms with E-state index in [9.17, 15) is 8.42 Å². The molecule has 1 aliphatic rings. The van der Waals surface area contributed by atoms with Gasteiger partial charge in [0.2, 0.25) is 10.0 Å². The maximum absolute atomic E-state index is 11.3. The van der Waals surface area contributed by atoms with Crippen molar-refractivity contribution in [3.8, 4) is 0 Å². The predicted molar refractivity (Wildman–Crippen MR) is 84.5 cm³/mol. The summed E-state index contributed by atoms with van der Waals surface area (Å²) < 4.78 is 22.5. The van der Waals surface area contributed by atoms with Crippen LogP contribution in [0.15, 0.2) is 29.2 Å². The highest BCUT2D eigenvalue weighted by Crippen LogP contribution is 2.19. The number of nitrogens with zero attached hydrogens (tertiary/aromatic N) is 1. The Morgan fingerprint density at radius 1 is 1.24 bits per heavy atom. The van der Waals surface area contributed by atoms with Gasteiger partial charge in [-0.05, 0) is 64.0 Å². The average molecular weight is 311 g/mol. The van der Waals surface area contributed by atoms with Gasteiger partial charge < -0.3 is 10.2 Å². The molecule has 0 saturated carbocycles. The number of rotatable bonds is 4. The number of hydrogen-bond donors (Lipinski definition) is 2. The number of nitrogens with two attached hydrogens (primary N) is 1. The first-order valence-electron chi connectivity index (χ1n) is 7.43. The summed E-state index contributed by atoms with van der Waals surface area (Å²) in [5, 5.41) is 8.76. The first-order valence-corrected chi connectivity index (χ1v) is 8.98. The van der Waals surface area contributed by atoms with Gasteiger partial charge in [-0.1, -0.05) is 12.1 Å². The van der Waals surface area contributed by atoms with E-state index in [0.717, 1.165) is 25.1 Å². The topological polar surface area (TPSA) is 75.4 Å². The number of nitrogens with one attached hydrogen (secondary N) is 1. The molecule has 1 saturated heterocycles. The molecule has 21 heavy (non-hydrogen) atoms. The van der Waals surface area contributed by atoms with Gasteiger partial charge in [-0.2, -0.15) is 0 Å². The zero-order chi connectivity index (χ0) is 15.5. The van der Waals surface area contributed by atoms with Crippen molar-refractivity contribution in [1.82, 2.24) is 10.2 Å². The van der Waals surface area contributed by atoms with Gasteiger partial charge in [0.1, 0.15) is 0 Å². The lowest BCUT2D eigenvalue weighted by Gasteiger charge is -2.22. The van der Waals surface area contributed by atoms with E-state index in [-0.39, 0.29) is 10.9 Å². The van der Waals surface area contributed by atoms with E-state index in [2.05, 4.69) is 24.2 Å². The van der Waals surface area contributed by atoms with E-state index >= 15 is 0 Å². The molecule has 3 N–H and O–H groups in total. The predicted octanol–water partition coefficient (Wildman–Crippen LogP) is 1.47. The third kappa shape index (κ3) is 4.78. The molecule has 2 unspecified atom stereocenters. The van der Waals surface area contributed by atoms with Crippen molar-refractivity contribution in [1.29, 1.82) is 0 Å². The molecular weight excluding hydrogens is 286 g/mol. The van der Waals surface area contributed by atoms with E-state index in [1.165, 1.54) is 12.8 Å². The Morgan fingerprint density at radius 2 is 1.90 bits per heavy atom. The molecule has 0 aliphatic carbocycles. The largest absolute Gasteiger partial charge is 0.307 e. The van der Waals surface area contributed by atoms with E-state index in [4.69, 9.17) is 5.14 Å². The quantitative estimate of drug-likeness (QED) is 0.883. The lowest BCUT2D eigenvalue weighted by atomic mass is 10.0. The number of primary sulfonamides is 1. The van der Waals surface area contributed by atoms with Crippen molar-refractivity contribution in [2.24, 2.45) is 5.14 Å². The molecule has 0 aromatic heterocycles. The van der Waals surface area contributed by atoms with Crippen molar-refractivity contribution >= 4 is 10.0 Å². The zero-order valence-corrected chi connectivity index (χ0v) is 13.6. The molecule has 5 nitrogen and oxygen atoms in total. The van der Waals surface area contributed by atoms with Gasteiger partial charge in [0.15, 0.2) is 0 Å². The average Bonchev–Trinajstić information content (AvgIpc) is 2.63. The third-order valence-corrected chi connectivity index (χ3v) is 5.08. The molecule has 6 heteroatoms. The molecular formula is C15H25N3O2S. The Bertz CT molecular complexity index is 557. The smallest absolute Gasteiger partial charge is 0.238 e. The Hall–Kier alpha value is -0.950. The van der Waals surface area contributed by atoms with E-state index < -0.39 is 10.0 Å². The maximum Gasteiger partial charge on any atom is 0.238 e. The van der Waals surface area contributed by atoms with Crippen LogP contribution in [0.4, 0.5) is 0 Å². The molecule has 0 amide bonds. The molecule has 0 bridgehead atoms. The Labute approximate surface area is 127 Å². The van der Waals surface area contributed by atoms with Gasteiger partial charge in [-0.15, -0.1) is 0 Å². The van der Waals surface area contributed by atoms with Crippen LogP contribution in [0, 0.1) is 0 Å². The SMILES string of the molecule is CC(NC1CCCN(C)CC1)c1ccc(S(N)(=O)=O)cc1. The number of sulfonamides is 1. The van der Waals surface area contributed by atoms with Crippen molar-refractivity contribution < 1.29 is 8.42 Å². The van der Waals surface area contributed by atoms with Gasteiger partial charge >= 0.3 is 0 Å². The minimum atomic E-state index is -3.61. The first-order chi connectivity index (χ1) is 9.86. The van der Waals surface area contributed by atoms with Crippen LogP contribution in [0.5, 0.6) is 0 Å². The van der Waals surface area contributed by atoms with Crippen molar-refractivity contribution in [2.45, 2.75) is 43.2 Å². The molecule has 1 heterocycles. The summed E-state index contributed by atoms with van der Waals surface area (Å²) in [6.45, 7) is 4.39. The molecule has 1 aromatic rings. The standard InChI is InChI=1S/C15H25N3O2S/c1-12(17-14-4-3-10-18(2)11-9-14)13-5-7-15(8-6-13)21(16,19)20/h5-8,12,14,17H,3-4,9-11H2,1-2H3,(H2,16,19,20). The second kappa shape index (κ2) is 6.87. The first kappa shape index (κ1) is 16.4. The highest BCUT2D eigenvalue weighted by atomic mass is 32.2. The fourth-order valence-corrected chi connectivity index (χ4v) is 3.32. The minimum absolute atomic E-state index is 0.162. The van der Waals surface area contributed by atoms with Crippen LogP contribution in [-0.2, 0) is 10.0 Å². The molecule has 1 aromatic carbocycles. The van der Waals surface area contributed by atoms with E-state index in [1.807, 2.05) is 12.1 Å². The second-order valence-electron chi connectivity index (χ2n) is 5.93. The van der Waals surface area contributed by atoms with Crippen LogP contribution in [0.3, 0.4) is 0 Å². The number of hydrogen-bond acceptors (Lipinski definition) is 4. The fraction of sp³-hybridized carbons (Fsp3) is 0.600. The van der Waals surface area contributed by atoms with Crippen molar-refractivity contribution in [3.05, 3.63) is 29.8 Å². The molecule has 1 aliphatic heterocycles. The van der Waals surface area contributed by atoms with Gasteiger partial charge in [-0.25, -0.2) is 13.6 Å². The fourth-order valence-electron chi connectivity index (χ4n) is 2.80. The number of likely N-dealkylation sites (tertiary alicyclic amines) is 1. The van der Waals surface area contributed by atoms with Gasteiger partial charge in [0, 0.05) is 12.1 Å². The summed E-state index contributed by atoms with van der Waals surface area (Å²) in [4.78, 5) is 2.53. The lowest BCUT2D eigenvalue weighted by Crippen LogP contribution is -2.32. The van der Waals surface area contributed by atoms with Crippen LogP contribution in [0.2, 0.25) is 0 Å². The Balaban J connectivity index is 1.98. The van der Waals surface area contributed by atoms with Crippen LogP contribution in [0.25, 0.3) is 0 Å². The van der Waals surface area contributed by atoms with Crippen LogP contribution in [0.1, 0.15) is 37.8 Å². The van der Waals surface area contributed by atoms with E-state index in [1.54, 1.807) is 12.1 Å². The molecule has 1 fully saturated rings. The lowest BCUT2D eigenvalue weighted by molar-refractivity contribution is 0.340. The second-order valence-corrected chi connectivity index (χ2v) is 7.49. The summed E-state index contributed by atoms with van der Waals surface area (Å²) in [5.74, 6) is 0. The summed E-state index contributed by atoms with van der Waals surface area (Å²) in [6, 6.07) is 7.53. The van der Waals surface area contributed by atoms with E-state index in [0.29, 0.717) is 6.04 Å². The van der Waals surface area contributed by atoms with Gasteiger partial charge in [0.05, 0.1) is 4.90 Å². The van der Waals surface area contributed by atoms with Crippen LogP contribution in [-0.4, -0.2) is 39.5 Å². The van der Waals surface area contributed by atoms with Gasteiger partial charge in [0.25, 0.3) is 0 Å². The zero-order valence-electron chi connectivity index (χ0n) is 12.7. The molecule has 0 spiro atoms. The monoisotopic (exact) mass is 311 g/mol. The third-order valence-electron chi connectivity index (χ3n) is 4.15. The summed E-state index contributed by atoms with van der Waals surface area (Å²) in [6.07, 6.45) is 3.55. The molecule has 0 radical (unpaired) electrons. The van der Waals surface area contributed by atoms with Crippen molar-refractivity contribution in [2.75, 3.05) is 20.1 Å². The molecule has 2 rings (SSSR count). The molecule has 2 atom stereocenters.